The van der Waals surface area contributed by atoms with Crippen molar-refractivity contribution in [3.05, 3.63) is 66.7 Å². The third-order valence-electron chi connectivity index (χ3n) is 8.29. The second-order valence-electron chi connectivity index (χ2n) is 10.4. The lowest BCUT2D eigenvalue weighted by Gasteiger charge is -2.39. The first kappa shape index (κ1) is 23.1. The van der Waals surface area contributed by atoms with E-state index in [1.165, 1.54) is 91.7 Å². The highest BCUT2D eigenvalue weighted by atomic mass is 31.1. The van der Waals surface area contributed by atoms with Crippen LogP contribution in [0.25, 0.3) is 27.5 Å². The van der Waals surface area contributed by atoms with Crippen molar-refractivity contribution in [1.82, 2.24) is 4.57 Å². The number of rotatable bonds is 6. The van der Waals surface area contributed by atoms with Gasteiger partial charge in [0.25, 0.3) is 0 Å². The lowest BCUT2D eigenvalue weighted by molar-refractivity contribution is 0.340. The fraction of sp³-hybridized carbons (Fsp3) is 0.438. The number of benzene rings is 3. The van der Waals surface area contributed by atoms with Gasteiger partial charge in [-0.3, -0.25) is 0 Å². The summed E-state index contributed by atoms with van der Waals surface area (Å²) >= 11 is 0. The molecule has 3 heteroatoms. The summed E-state index contributed by atoms with van der Waals surface area (Å²) in [6.45, 7) is 2.76. The maximum Gasteiger partial charge on any atom is 0.121 e. The molecule has 3 aromatic carbocycles. The molecule has 0 atom stereocenters. The quantitative estimate of drug-likeness (QED) is 0.250. The molecule has 2 aliphatic rings. The molecule has 6 rings (SSSR count). The van der Waals surface area contributed by atoms with E-state index in [0.29, 0.717) is 6.61 Å². The number of nitrogens with zero attached hydrogens (tertiary/aromatic N) is 1. The molecule has 0 radical (unpaired) electrons. The minimum Gasteiger partial charge on any atom is -0.494 e. The molecule has 35 heavy (non-hydrogen) atoms. The predicted octanol–water partition coefficient (Wildman–Crippen LogP) is 8.96. The van der Waals surface area contributed by atoms with Crippen molar-refractivity contribution < 1.29 is 4.74 Å². The van der Waals surface area contributed by atoms with Gasteiger partial charge >= 0.3 is 0 Å². The average molecular weight is 484 g/mol. The molecule has 1 aromatic heterocycles. The third-order valence-corrected chi connectivity index (χ3v) is 11.8. The van der Waals surface area contributed by atoms with Crippen LogP contribution >= 0.6 is 7.92 Å². The highest BCUT2D eigenvalue weighted by Gasteiger charge is 2.34. The van der Waals surface area contributed by atoms with Crippen LogP contribution in [-0.4, -0.2) is 22.5 Å². The third kappa shape index (κ3) is 4.40. The van der Waals surface area contributed by atoms with Crippen LogP contribution in [0.5, 0.6) is 5.75 Å². The van der Waals surface area contributed by atoms with Crippen LogP contribution in [0.15, 0.2) is 66.7 Å². The number of ether oxygens (including phenoxy) is 1. The topological polar surface area (TPSA) is 14.2 Å². The maximum absolute atomic E-state index is 5.96. The second kappa shape index (κ2) is 10.4. The monoisotopic (exact) mass is 483 g/mol. The van der Waals surface area contributed by atoms with E-state index >= 15 is 0 Å². The van der Waals surface area contributed by atoms with Crippen molar-refractivity contribution in [2.75, 3.05) is 6.61 Å². The van der Waals surface area contributed by atoms with E-state index in [1.807, 2.05) is 0 Å². The molecule has 182 valence electrons. The summed E-state index contributed by atoms with van der Waals surface area (Å²) in [4.78, 5) is 0. The Morgan fingerprint density at radius 1 is 0.714 bits per heavy atom. The van der Waals surface area contributed by atoms with Gasteiger partial charge in [-0.25, -0.2) is 0 Å². The van der Waals surface area contributed by atoms with Gasteiger partial charge in [0.05, 0.1) is 23.3 Å². The summed E-state index contributed by atoms with van der Waals surface area (Å²) in [5.74, 6) is 0.961. The van der Waals surface area contributed by atoms with Crippen LogP contribution in [0.1, 0.15) is 71.1 Å². The van der Waals surface area contributed by atoms with E-state index in [9.17, 15) is 0 Å². The smallest absolute Gasteiger partial charge is 0.121 e. The van der Waals surface area contributed by atoms with Crippen molar-refractivity contribution in [2.24, 2.45) is 0 Å². The zero-order valence-corrected chi connectivity index (χ0v) is 22.0. The normalized spacial score (nSPS) is 18.0. The Kier molecular flexibility index (Phi) is 6.84. The van der Waals surface area contributed by atoms with Gasteiger partial charge in [-0.1, -0.05) is 82.8 Å². The Labute approximate surface area is 211 Å². The summed E-state index contributed by atoms with van der Waals surface area (Å²) in [5, 5.41) is 4.30. The minimum atomic E-state index is -0.195. The van der Waals surface area contributed by atoms with E-state index in [4.69, 9.17) is 4.74 Å². The van der Waals surface area contributed by atoms with Crippen molar-refractivity contribution >= 4 is 35.0 Å². The molecular formula is C32H38NOP. The Morgan fingerprint density at radius 2 is 1.34 bits per heavy atom. The molecule has 2 saturated carbocycles. The highest BCUT2D eigenvalue weighted by molar-refractivity contribution is 7.67. The summed E-state index contributed by atoms with van der Waals surface area (Å²) in [7, 11) is -0.195. The fourth-order valence-corrected chi connectivity index (χ4v) is 10.7. The maximum atomic E-state index is 5.96. The summed E-state index contributed by atoms with van der Waals surface area (Å²) in [5.41, 5.74) is 5.76. The van der Waals surface area contributed by atoms with E-state index < -0.39 is 0 Å². The molecule has 4 aromatic rings. The Bertz CT molecular complexity index is 1280. The van der Waals surface area contributed by atoms with Crippen LogP contribution in [0.3, 0.4) is 0 Å². The largest absolute Gasteiger partial charge is 0.494 e. The van der Waals surface area contributed by atoms with Crippen LogP contribution in [0, 0.1) is 0 Å². The standard InChI is InChI=1S/C32H38NOP/c1-2-34-24-21-22-28-27-17-9-10-18-29(27)33(31(28)23-24)30-19-11-12-20-32(30)35(25-13-5-3-6-14-25)26-15-7-4-8-16-26/h9-12,17-23,25-26H,2-8,13-16H2,1H3. The first-order valence-electron chi connectivity index (χ1n) is 13.9. The van der Waals surface area contributed by atoms with Crippen molar-refractivity contribution in [1.29, 1.82) is 0 Å². The molecule has 2 nitrogen and oxygen atoms in total. The average Bonchev–Trinajstić information content (AvgIpc) is 3.24. The second-order valence-corrected chi connectivity index (χ2v) is 13.2. The summed E-state index contributed by atoms with van der Waals surface area (Å²) in [6.07, 6.45) is 14.3. The van der Waals surface area contributed by atoms with Crippen LogP contribution in [-0.2, 0) is 0 Å². The van der Waals surface area contributed by atoms with E-state index in [-0.39, 0.29) is 7.92 Å². The molecule has 0 spiro atoms. The molecule has 0 amide bonds. The predicted molar refractivity (Wildman–Crippen MR) is 152 cm³/mol. The molecular weight excluding hydrogens is 445 g/mol. The van der Waals surface area contributed by atoms with Gasteiger partial charge in [-0.15, -0.1) is 0 Å². The van der Waals surface area contributed by atoms with Crippen LogP contribution < -0.4 is 10.0 Å². The first-order valence-corrected chi connectivity index (χ1v) is 15.4. The Hall–Kier alpha value is -2.31. The molecule has 0 N–H and O–H groups in total. The molecule has 1 heterocycles. The first-order chi connectivity index (χ1) is 17.3. The lowest BCUT2D eigenvalue weighted by atomic mass is 9.99. The summed E-state index contributed by atoms with van der Waals surface area (Å²) < 4.78 is 8.52. The molecule has 0 aliphatic heterocycles. The minimum absolute atomic E-state index is 0.195. The van der Waals surface area contributed by atoms with Gasteiger partial charge in [-0.2, -0.15) is 0 Å². The van der Waals surface area contributed by atoms with Gasteiger partial charge in [0.2, 0.25) is 0 Å². The summed E-state index contributed by atoms with van der Waals surface area (Å²) in [6, 6.07) is 25.0. The Morgan fingerprint density at radius 3 is 2.06 bits per heavy atom. The van der Waals surface area contributed by atoms with Gasteiger partial charge in [0, 0.05) is 22.1 Å². The molecule has 0 bridgehead atoms. The van der Waals surface area contributed by atoms with Crippen molar-refractivity contribution in [2.45, 2.75) is 82.4 Å². The zero-order valence-electron chi connectivity index (χ0n) is 21.1. The van der Waals surface area contributed by atoms with Crippen LogP contribution in [0.2, 0.25) is 0 Å². The van der Waals surface area contributed by atoms with Gasteiger partial charge in [-0.05, 0) is 68.2 Å². The van der Waals surface area contributed by atoms with Crippen molar-refractivity contribution in [3.63, 3.8) is 0 Å². The molecule has 2 fully saturated rings. The molecule has 2 aliphatic carbocycles. The number of hydrogen-bond acceptors (Lipinski definition) is 1. The SMILES string of the molecule is CCOc1ccc2c3ccccc3n(-c3ccccc3P(C3CCCCC3)C3CCCCC3)c2c1. The Balaban J connectivity index is 1.57. The lowest BCUT2D eigenvalue weighted by Crippen LogP contribution is -2.28. The molecule has 0 saturated heterocycles. The van der Waals surface area contributed by atoms with Gasteiger partial charge in [0.1, 0.15) is 5.75 Å². The number of aromatic nitrogens is 1. The molecule has 0 unspecified atom stereocenters. The van der Waals surface area contributed by atoms with E-state index in [0.717, 1.165) is 17.1 Å². The van der Waals surface area contributed by atoms with Gasteiger partial charge in [0.15, 0.2) is 0 Å². The number of para-hydroxylation sites is 2. The van der Waals surface area contributed by atoms with E-state index in [1.54, 1.807) is 5.30 Å². The van der Waals surface area contributed by atoms with Crippen LogP contribution in [0.4, 0.5) is 0 Å². The number of fused-ring (bicyclic) bond motifs is 3. The van der Waals surface area contributed by atoms with Crippen molar-refractivity contribution in [3.8, 4) is 11.4 Å². The zero-order chi connectivity index (χ0) is 23.6. The highest BCUT2D eigenvalue weighted by Crippen LogP contribution is 2.56. The number of hydrogen-bond donors (Lipinski definition) is 0. The van der Waals surface area contributed by atoms with Gasteiger partial charge < -0.3 is 9.30 Å². The fourth-order valence-electron chi connectivity index (χ4n) is 6.75. The van der Waals surface area contributed by atoms with E-state index in [2.05, 4.69) is 78.2 Å².